The minimum Gasteiger partial charge on any atom is -0.480 e. The first kappa shape index (κ1) is 12.7. The predicted molar refractivity (Wildman–Crippen MR) is 55.4 cm³/mol. The third-order valence-corrected chi connectivity index (χ3v) is 3.60. The lowest BCUT2D eigenvalue weighted by Gasteiger charge is -2.08. The number of rotatable bonds is 4. The number of carboxylic acids is 1. The van der Waals surface area contributed by atoms with Crippen molar-refractivity contribution in [1.29, 1.82) is 0 Å². The summed E-state index contributed by atoms with van der Waals surface area (Å²) < 4.78 is 26.9. The predicted octanol–water partition coefficient (Wildman–Crippen LogP) is -0.520. The van der Waals surface area contributed by atoms with Gasteiger partial charge in [-0.3, -0.25) is 9.48 Å². The third kappa shape index (κ3) is 2.58. The largest absolute Gasteiger partial charge is 0.480 e. The molecule has 0 aliphatic carbocycles. The standard InChI is InChI=1S/C8H13N3O4S/c1-5-7(4-11(3)9-5)16(14,15)10-6(2)8(12)13/h4,6,10H,1-3H3,(H,12,13)/t6-/m0/s1. The van der Waals surface area contributed by atoms with Crippen LogP contribution in [0.2, 0.25) is 0 Å². The van der Waals surface area contributed by atoms with Crippen LogP contribution in [0, 0.1) is 6.92 Å². The van der Waals surface area contributed by atoms with Crippen LogP contribution < -0.4 is 4.72 Å². The van der Waals surface area contributed by atoms with E-state index in [9.17, 15) is 13.2 Å². The van der Waals surface area contributed by atoms with Crippen LogP contribution in [0.1, 0.15) is 12.6 Å². The Balaban J connectivity index is 3.03. The van der Waals surface area contributed by atoms with Crippen molar-refractivity contribution in [3.8, 4) is 0 Å². The van der Waals surface area contributed by atoms with Crippen molar-refractivity contribution in [2.24, 2.45) is 7.05 Å². The Labute approximate surface area is 93.1 Å². The van der Waals surface area contributed by atoms with Crippen molar-refractivity contribution >= 4 is 16.0 Å². The van der Waals surface area contributed by atoms with E-state index in [1.54, 1.807) is 14.0 Å². The molecular formula is C8H13N3O4S. The van der Waals surface area contributed by atoms with E-state index in [1.165, 1.54) is 17.8 Å². The molecule has 0 spiro atoms. The molecule has 0 aliphatic rings. The number of sulfonamides is 1. The molecule has 0 radical (unpaired) electrons. The summed E-state index contributed by atoms with van der Waals surface area (Å²) in [7, 11) is -2.24. The molecule has 0 amide bonds. The van der Waals surface area contributed by atoms with Gasteiger partial charge in [-0.1, -0.05) is 0 Å². The molecule has 90 valence electrons. The topological polar surface area (TPSA) is 101 Å². The molecule has 0 aliphatic heterocycles. The molecule has 0 saturated carbocycles. The van der Waals surface area contributed by atoms with Gasteiger partial charge in [-0.15, -0.1) is 0 Å². The Kier molecular flexibility index (Phi) is 3.34. The molecule has 1 atom stereocenters. The maximum atomic E-state index is 11.8. The molecule has 0 fully saturated rings. The van der Waals surface area contributed by atoms with Gasteiger partial charge in [0.15, 0.2) is 0 Å². The van der Waals surface area contributed by atoms with Crippen molar-refractivity contribution in [3.63, 3.8) is 0 Å². The average molecular weight is 247 g/mol. The monoisotopic (exact) mass is 247 g/mol. The Hall–Kier alpha value is -1.41. The molecule has 1 heterocycles. The molecular weight excluding hydrogens is 234 g/mol. The molecule has 0 unspecified atom stereocenters. The first-order valence-electron chi connectivity index (χ1n) is 4.49. The minimum absolute atomic E-state index is 0.0110. The highest BCUT2D eigenvalue weighted by atomic mass is 32.2. The van der Waals surface area contributed by atoms with E-state index >= 15 is 0 Å². The van der Waals surface area contributed by atoms with Gasteiger partial charge < -0.3 is 5.11 Å². The van der Waals surface area contributed by atoms with Crippen LogP contribution in [-0.2, 0) is 21.9 Å². The molecule has 2 N–H and O–H groups in total. The van der Waals surface area contributed by atoms with E-state index in [1.807, 2.05) is 4.72 Å². The van der Waals surface area contributed by atoms with Crippen LogP contribution in [0.15, 0.2) is 11.1 Å². The van der Waals surface area contributed by atoms with Crippen LogP contribution >= 0.6 is 0 Å². The highest BCUT2D eigenvalue weighted by molar-refractivity contribution is 7.89. The number of nitrogens with zero attached hydrogens (tertiary/aromatic N) is 2. The fraction of sp³-hybridized carbons (Fsp3) is 0.500. The highest BCUT2D eigenvalue weighted by Crippen LogP contribution is 2.12. The maximum absolute atomic E-state index is 11.8. The minimum atomic E-state index is -3.83. The number of carbonyl (C=O) groups is 1. The third-order valence-electron chi connectivity index (χ3n) is 1.96. The van der Waals surface area contributed by atoms with Gasteiger partial charge in [-0.2, -0.15) is 9.82 Å². The SMILES string of the molecule is Cc1nn(C)cc1S(=O)(=O)N[C@@H](C)C(=O)O. The van der Waals surface area contributed by atoms with Gasteiger partial charge in [0, 0.05) is 13.2 Å². The molecule has 1 rings (SSSR count). The van der Waals surface area contributed by atoms with E-state index in [-0.39, 0.29) is 4.90 Å². The normalized spacial score (nSPS) is 13.7. The molecule has 1 aromatic rings. The average Bonchev–Trinajstić information content (AvgIpc) is 2.45. The Morgan fingerprint density at radius 3 is 2.56 bits per heavy atom. The van der Waals surface area contributed by atoms with Crippen molar-refractivity contribution < 1.29 is 18.3 Å². The summed E-state index contributed by atoms with van der Waals surface area (Å²) in [4.78, 5) is 10.5. The fourth-order valence-electron chi connectivity index (χ4n) is 1.19. The number of nitrogens with one attached hydrogen (secondary N) is 1. The van der Waals surface area contributed by atoms with Gasteiger partial charge in [0.05, 0.1) is 5.69 Å². The molecule has 0 saturated heterocycles. The molecule has 7 nitrogen and oxygen atoms in total. The van der Waals surface area contributed by atoms with Crippen LogP contribution in [0.3, 0.4) is 0 Å². The first-order valence-corrected chi connectivity index (χ1v) is 5.97. The van der Waals surface area contributed by atoms with Gasteiger partial charge in [-0.25, -0.2) is 8.42 Å². The lowest BCUT2D eigenvalue weighted by Crippen LogP contribution is -2.38. The molecule has 0 aromatic carbocycles. The zero-order chi connectivity index (χ0) is 12.5. The second kappa shape index (κ2) is 4.22. The van der Waals surface area contributed by atoms with Gasteiger partial charge in [-0.05, 0) is 13.8 Å². The fourth-order valence-corrected chi connectivity index (χ4v) is 2.60. The van der Waals surface area contributed by atoms with Crippen LogP contribution in [0.25, 0.3) is 0 Å². The summed E-state index contributed by atoms with van der Waals surface area (Å²) >= 11 is 0. The van der Waals surface area contributed by atoms with E-state index in [0.717, 1.165) is 0 Å². The van der Waals surface area contributed by atoms with Gasteiger partial charge in [0.1, 0.15) is 10.9 Å². The van der Waals surface area contributed by atoms with Crippen molar-refractivity contribution in [2.75, 3.05) is 0 Å². The molecule has 1 aromatic heterocycles. The van der Waals surface area contributed by atoms with Crippen LogP contribution in [-0.4, -0.2) is 35.3 Å². The smallest absolute Gasteiger partial charge is 0.321 e. The van der Waals surface area contributed by atoms with Crippen LogP contribution in [0.5, 0.6) is 0 Å². The number of hydrogen-bond acceptors (Lipinski definition) is 4. The lowest BCUT2D eigenvalue weighted by molar-refractivity contribution is -0.138. The summed E-state index contributed by atoms with van der Waals surface area (Å²) in [5.41, 5.74) is 0.326. The van der Waals surface area contributed by atoms with E-state index in [2.05, 4.69) is 5.10 Å². The molecule has 8 heteroatoms. The van der Waals surface area contributed by atoms with Crippen molar-refractivity contribution in [1.82, 2.24) is 14.5 Å². The summed E-state index contributed by atoms with van der Waals surface area (Å²) in [6, 6.07) is -1.18. The van der Waals surface area contributed by atoms with Gasteiger partial charge in [0.25, 0.3) is 0 Å². The second-order valence-corrected chi connectivity index (χ2v) is 5.12. The zero-order valence-electron chi connectivity index (χ0n) is 9.13. The number of hydrogen-bond donors (Lipinski definition) is 2. The van der Waals surface area contributed by atoms with Crippen molar-refractivity contribution in [2.45, 2.75) is 24.8 Å². The summed E-state index contributed by atoms with van der Waals surface area (Å²) in [5.74, 6) is -1.23. The summed E-state index contributed by atoms with van der Waals surface area (Å²) in [5, 5.41) is 12.5. The quantitative estimate of drug-likeness (QED) is 0.745. The second-order valence-electron chi connectivity index (χ2n) is 3.43. The summed E-state index contributed by atoms with van der Waals surface area (Å²) in [6.07, 6.45) is 1.33. The van der Waals surface area contributed by atoms with E-state index < -0.39 is 22.0 Å². The first-order chi connectivity index (χ1) is 7.24. The lowest BCUT2D eigenvalue weighted by atomic mass is 10.4. The van der Waals surface area contributed by atoms with Gasteiger partial charge >= 0.3 is 5.97 Å². The van der Waals surface area contributed by atoms with E-state index in [0.29, 0.717) is 5.69 Å². The number of aromatic nitrogens is 2. The van der Waals surface area contributed by atoms with Gasteiger partial charge in [0.2, 0.25) is 10.0 Å². The highest BCUT2D eigenvalue weighted by Gasteiger charge is 2.24. The van der Waals surface area contributed by atoms with E-state index in [4.69, 9.17) is 5.11 Å². The maximum Gasteiger partial charge on any atom is 0.321 e. The Morgan fingerprint density at radius 2 is 2.19 bits per heavy atom. The van der Waals surface area contributed by atoms with Crippen LogP contribution in [0.4, 0.5) is 0 Å². The zero-order valence-corrected chi connectivity index (χ0v) is 9.95. The molecule has 16 heavy (non-hydrogen) atoms. The Bertz CT molecular complexity index is 505. The number of carboxylic acid groups (broad SMARTS) is 1. The molecule has 0 bridgehead atoms. The summed E-state index contributed by atoms with van der Waals surface area (Å²) in [6.45, 7) is 2.80. The van der Waals surface area contributed by atoms with Crippen molar-refractivity contribution in [3.05, 3.63) is 11.9 Å². The number of aryl methyl sites for hydroxylation is 2. The Morgan fingerprint density at radius 1 is 1.62 bits per heavy atom. The number of aliphatic carboxylic acids is 1.